The summed E-state index contributed by atoms with van der Waals surface area (Å²) in [7, 11) is 0. The molecule has 2 aromatic rings. The SMILES string of the molecule is CC(C)C(N)C(=O)NC(Cc1ccc(O)cc1)C(=O)NC(Cc1cnc[nH]1)C(=O)NCC(=O)O. The molecule has 3 atom stereocenters. The average Bonchev–Trinajstić information content (AvgIpc) is 3.30. The minimum atomic E-state index is -1.24. The fourth-order valence-corrected chi connectivity index (χ4v) is 3.03. The molecular weight excluding hydrogens is 444 g/mol. The molecule has 1 aromatic heterocycles. The van der Waals surface area contributed by atoms with Crippen LogP contribution < -0.4 is 21.7 Å². The van der Waals surface area contributed by atoms with Crippen LogP contribution in [-0.4, -0.2) is 68.5 Å². The number of aliphatic carboxylic acids is 1. The quantitative estimate of drug-likeness (QED) is 0.204. The van der Waals surface area contributed by atoms with Gasteiger partial charge in [-0.2, -0.15) is 0 Å². The molecule has 0 aliphatic rings. The molecule has 3 unspecified atom stereocenters. The zero-order valence-corrected chi connectivity index (χ0v) is 18.9. The van der Waals surface area contributed by atoms with Gasteiger partial charge in [-0.1, -0.05) is 26.0 Å². The number of hydrogen-bond acceptors (Lipinski definition) is 7. The second-order valence-electron chi connectivity index (χ2n) is 8.16. The number of H-pyrrole nitrogens is 1. The van der Waals surface area contributed by atoms with Gasteiger partial charge in [0, 0.05) is 24.7 Å². The van der Waals surface area contributed by atoms with E-state index in [1.807, 2.05) is 0 Å². The molecule has 8 N–H and O–H groups in total. The number of nitrogens with one attached hydrogen (secondary N) is 4. The Morgan fingerprint density at radius 1 is 1.00 bits per heavy atom. The number of rotatable bonds is 12. The third-order valence-electron chi connectivity index (χ3n) is 5.06. The monoisotopic (exact) mass is 474 g/mol. The Kier molecular flexibility index (Phi) is 9.56. The van der Waals surface area contributed by atoms with E-state index in [1.54, 1.807) is 26.0 Å². The summed E-state index contributed by atoms with van der Waals surface area (Å²) < 4.78 is 0. The Balaban J connectivity index is 2.23. The van der Waals surface area contributed by atoms with Gasteiger partial charge < -0.3 is 36.9 Å². The largest absolute Gasteiger partial charge is 0.508 e. The third-order valence-corrected chi connectivity index (χ3v) is 5.06. The molecule has 3 amide bonds. The number of carboxylic acid groups (broad SMARTS) is 1. The Labute approximate surface area is 196 Å². The van der Waals surface area contributed by atoms with Gasteiger partial charge in [-0.25, -0.2) is 4.98 Å². The van der Waals surface area contributed by atoms with E-state index in [1.165, 1.54) is 24.7 Å². The summed E-state index contributed by atoms with van der Waals surface area (Å²) in [5.74, 6) is -3.27. The predicted molar refractivity (Wildman–Crippen MR) is 121 cm³/mol. The number of amides is 3. The minimum absolute atomic E-state index is 0.0164. The van der Waals surface area contributed by atoms with Crippen LogP contribution in [0.4, 0.5) is 0 Å². The maximum Gasteiger partial charge on any atom is 0.322 e. The number of nitrogens with zero attached hydrogens (tertiary/aromatic N) is 1. The van der Waals surface area contributed by atoms with E-state index in [4.69, 9.17) is 10.8 Å². The number of phenols is 1. The summed E-state index contributed by atoms with van der Waals surface area (Å²) in [6, 6.07) is 3.04. The van der Waals surface area contributed by atoms with Crippen LogP contribution in [0.3, 0.4) is 0 Å². The van der Waals surface area contributed by atoms with Crippen molar-refractivity contribution in [2.75, 3.05) is 6.54 Å². The van der Waals surface area contributed by atoms with Crippen LogP contribution >= 0.6 is 0 Å². The second kappa shape index (κ2) is 12.3. The van der Waals surface area contributed by atoms with Gasteiger partial charge in [0.05, 0.1) is 12.4 Å². The summed E-state index contributed by atoms with van der Waals surface area (Å²) in [4.78, 5) is 55.9. The van der Waals surface area contributed by atoms with E-state index >= 15 is 0 Å². The maximum atomic E-state index is 13.2. The number of carbonyl (C=O) groups is 4. The molecule has 34 heavy (non-hydrogen) atoms. The summed E-state index contributed by atoms with van der Waals surface area (Å²) in [6.07, 6.45) is 2.96. The van der Waals surface area contributed by atoms with Crippen LogP contribution in [0.15, 0.2) is 36.8 Å². The number of carboxylic acids is 1. The minimum Gasteiger partial charge on any atom is -0.508 e. The first-order valence-electron chi connectivity index (χ1n) is 10.7. The molecule has 0 fully saturated rings. The molecule has 0 aliphatic carbocycles. The number of carbonyl (C=O) groups excluding carboxylic acids is 3. The normalized spacial score (nSPS) is 13.5. The summed E-state index contributed by atoms with van der Waals surface area (Å²) >= 11 is 0. The molecule has 1 heterocycles. The average molecular weight is 475 g/mol. The van der Waals surface area contributed by atoms with Crippen molar-refractivity contribution in [3.63, 3.8) is 0 Å². The van der Waals surface area contributed by atoms with Crippen LogP contribution in [0.2, 0.25) is 0 Å². The van der Waals surface area contributed by atoms with Gasteiger partial charge in [0.15, 0.2) is 0 Å². The molecule has 0 saturated carbocycles. The van der Waals surface area contributed by atoms with Gasteiger partial charge in [-0.15, -0.1) is 0 Å². The lowest BCUT2D eigenvalue weighted by Crippen LogP contribution is -2.57. The molecule has 2 rings (SSSR count). The molecule has 1 aromatic carbocycles. The number of phenolic OH excluding ortho intramolecular Hbond substituents is 1. The lowest BCUT2D eigenvalue weighted by molar-refractivity contribution is -0.138. The van der Waals surface area contributed by atoms with Crippen molar-refractivity contribution >= 4 is 23.7 Å². The van der Waals surface area contributed by atoms with Gasteiger partial charge in [-0.05, 0) is 23.6 Å². The standard InChI is InChI=1S/C22H30N6O6/c1-12(2)19(23)22(34)28-16(7-13-3-5-15(29)6-4-13)21(33)27-17(8-14-9-24-11-26-14)20(32)25-10-18(30)31/h3-6,9,11-12,16-17,19,29H,7-8,10,23H2,1-2H3,(H,24,26)(H,25,32)(H,27,33)(H,28,34)(H,30,31). The molecule has 0 radical (unpaired) electrons. The first kappa shape index (κ1) is 26.3. The van der Waals surface area contributed by atoms with E-state index in [-0.39, 0.29) is 24.5 Å². The predicted octanol–water partition coefficient (Wildman–Crippen LogP) is -0.946. The van der Waals surface area contributed by atoms with Crippen molar-refractivity contribution in [2.45, 2.75) is 44.8 Å². The van der Waals surface area contributed by atoms with Crippen LogP contribution in [0.25, 0.3) is 0 Å². The number of benzene rings is 1. The first-order valence-corrected chi connectivity index (χ1v) is 10.7. The number of imidazole rings is 1. The Bertz CT molecular complexity index is 976. The molecular formula is C22H30N6O6. The fourth-order valence-electron chi connectivity index (χ4n) is 3.03. The van der Waals surface area contributed by atoms with Crippen molar-refractivity contribution in [1.82, 2.24) is 25.9 Å². The van der Waals surface area contributed by atoms with Crippen molar-refractivity contribution in [3.8, 4) is 5.75 Å². The van der Waals surface area contributed by atoms with Gasteiger partial charge in [0.25, 0.3) is 0 Å². The summed E-state index contributed by atoms with van der Waals surface area (Å²) in [5.41, 5.74) is 7.11. The van der Waals surface area contributed by atoms with Crippen molar-refractivity contribution < 1.29 is 29.4 Å². The third kappa shape index (κ3) is 8.20. The molecule has 0 aliphatic heterocycles. The van der Waals surface area contributed by atoms with E-state index in [2.05, 4.69) is 25.9 Å². The van der Waals surface area contributed by atoms with Crippen LogP contribution in [0.5, 0.6) is 5.75 Å². The lowest BCUT2D eigenvalue weighted by atomic mass is 10.0. The molecule has 0 saturated heterocycles. The number of aromatic amines is 1. The van der Waals surface area contributed by atoms with E-state index in [0.29, 0.717) is 11.3 Å². The highest BCUT2D eigenvalue weighted by Crippen LogP contribution is 2.12. The zero-order valence-electron chi connectivity index (χ0n) is 18.9. The Morgan fingerprint density at radius 3 is 2.18 bits per heavy atom. The lowest BCUT2D eigenvalue weighted by Gasteiger charge is -2.25. The number of hydrogen-bond donors (Lipinski definition) is 7. The van der Waals surface area contributed by atoms with Gasteiger partial charge in [-0.3, -0.25) is 19.2 Å². The zero-order chi connectivity index (χ0) is 25.3. The Morgan fingerprint density at radius 2 is 1.62 bits per heavy atom. The molecule has 12 heteroatoms. The van der Waals surface area contributed by atoms with E-state index in [0.717, 1.165) is 0 Å². The molecule has 0 bridgehead atoms. The smallest absolute Gasteiger partial charge is 0.322 e. The first-order chi connectivity index (χ1) is 16.1. The van der Waals surface area contributed by atoms with Gasteiger partial charge in [0.1, 0.15) is 24.4 Å². The highest BCUT2D eigenvalue weighted by molar-refractivity contribution is 5.94. The summed E-state index contributed by atoms with van der Waals surface area (Å²) in [6.45, 7) is 2.92. The van der Waals surface area contributed by atoms with Gasteiger partial charge >= 0.3 is 5.97 Å². The number of aromatic hydroxyl groups is 1. The highest BCUT2D eigenvalue weighted by Gasteiger charge is 2.29. The fraction of sp³-hybridized carbons (Fsp3) is 0.409. The van der Waals surface area contributed by atoms with E-state index in [9.17, 15) is 24.3 Å². The number of aromatic nitrogens is 2. The molecule has 12 nitrogen and oxygen atoms in total. The van der Waals surface area contributed by atoms with E-state index < -0.39 is 48.4 Å². The van der Waals surface area contributed by atoms with Crippen LogP contribution in [0, 0.1) is 5.92 Å². The number of nitrogens with two attached hydrogens (primary N) is 1. The second-order valence-corrected chi connectivity index (χ2v) is 8.16. The molecule has 184 valence electrons. The maximum absolute atomic E-state index is 13.2. The van der Waals surface area contributed by atoms with Crippen molar-refractivity contribution in [2.24, 2.45) is 11.7 Å². The van der Waals surface area contributed by atoms with Crippen LogP contribution in [0.1, 0.15) is 25.1 Å². The molecule has 0 spiro atoms. The van der Waals surface area contributed by atoms with Crippen molar-refractivity contribution in [3.05, 3.63) is 48.0 Å². The summed E-state index contributed by atoms with van der Waals surface area (Å²) in [5, 5.41) is 25.8. The highest BCUT2D eigenvalue weighted by atomic mass is 16.4. The van der Waals surface area contributed by atoms with Gasteiger partial charge in [0.2, 0.25) is 17.7 Å². The van der Waals surface area contributed by atoms with Crippen molar-refractivity contribution in [1.29, 1.82) is 0 Å². The van der Waals surface area contributed by atoms with Crippen LogP contribution in [-0.2, 0) is 32.0 Å². The topological polar surface area (TPSA) is 200 Å². The Hall–Kier alpha value is -3.93.